The van der Waals surface area contributed by atoms with E-state index in [1.807, 2.05) is 6.92 Å². The summed E-state index contributed by atoms with van der Waals surface area (Å²) < 4.78 is 5.47. The molecule has 19 heavy (non-hydrogen) atoms. The molecule has 1 saturated heterocycles. The zero-order chi connectivity index (χ0) is 13.9. The second kappa shape index (κ2) is 5.33. The van der Waals surface area contributed by atoms with Gasteiger partial charge in [-0.25, -0.2) is 4.79 Å². The molecule has 1 fully saturated rings. The molecule has 1 aliphatic rings. The highest BCUT2D eigenvalue weighted by Crippen LogP contribution is 2.15. The Bertz CT molecular complexity index is 500. The van der Waals surface area contributed by atoms with Gasteiger partial charge in [-0.2, -0.15) is 0 Å². The van der Waals surface area contributed by atoms with E-state index in [1.54, 1.807) is 0 Å². The summed E-state index contributed by atoms with van der Waals surface area (Å²) in [6, 6.07) is 1.35. The number of carboxylic acids is 1. The zero-order valence-electron chi connectivity index (χ0n) is 10.5. The fourth-order valence-corrected chi connectivity index (χ4v) is 1.64. The highest BCUT2D eigenvalue weighted by atomic mass is 16.5. The van der Waals surface area contributed by atoms with Gasteiger partial charge in [0.1, 0.15) is 6.61 Å². The van der Waals surface area contributed by atoms with Crippen molar-refractivity contribution < 1.29 is 19.4 Å². The number of carbonyl (C=O) groups excluding carboxylic acids is 1. The number of nitrogens with one attached hydrogen (secondary N) is 2. The summed E-state index contributed by atoms with van der Waals surface area (Å²) in [6.07, 6.45) is 2.60. The van der Waals surface area contributed by atoms with E-state index in [2.05, 4.69) is 15.6 Å². The molecule has 7 heteroatoms. The molecule has 0 saturated carbocycles. The van der Waals surface area contributed by atoms with Gasteiger partial charge in [0.2, 0.25) is 5.91 Å². The van der Waals surface area contributed by atoms with Crippen LogP contribution in [0.15, 0.2) is 18.5 Å². The minimum Gasteiger partial charge on any atom is -0.478 e. The summed E-state index contributed by atoms with van der Waals surface area (Å²) in [4.78, 5) is 26.2. The minimum atomic E-state index is -1.09. The average molecular weight is 265 g/mol. The highest BCUT2D eigenvalue weighted by Gasteiger charge is 2.32. The standard InChI is InChI=1S/C12H15N3O4/c1-12(6-14-7-12)19-5-10(16)15-9-2-8(11(17)18)3-13-4-9/h2-4,14H,5-7H2,1H3,(H,15,16)(H,17,18). The van der Waals surface area contributed by atoms with Crippen LogP contribution in [0.1, 0.15) is 17.3 Å². The Balaban J connectivity index is 1.88. The first-order valence-electron chi connectivity index (χ1n) is 5.81. The molecule has 0 bridgehead atoms. The molecule has 1 aromatic rings. The maximum Gasteiger partial charge on any atom is 0.337 e. The predicted octanol–water partition coefficient (Wildman–Crippen LogP) is 0.0968. The lowest BCUT2D eigenvalue weighted by Crippen LogP contribution is -2.59. The second-order valence-corrected chi connectivity index (χ2v) is 4.66. The number of ether oxygens (including phenoxy) is 1. The molecule has 7 nitrogen and oxygen atoms in total. The molecule has 0 atom stereocenters. The van der Waals surface area contributed by atoms with Gasteiger partial charge in [0.15, 0.2) is 0 Å². The van der Waals surface area contributed by atoms with Crippen LogP contribution in [0, 0.1) is 0 Å². The van der Waals surface area contributed by atoms with Crippen molar-refractivity contribution in [2.24, 2.45) is 0 Å². The molecule has 0 aliphatic carbocycles. The maximum absolute atomic E-state index is 11.6. The van der Waals surface area contributed by atoms with Gasteiger partial charge < -0.3 is 20.5 Å². The first kappa shape index (κ1) is 13.4. The van der Waals surface area contributed by atoms with Crippen LogP contribution in [0.4, 0.5) is 5.69 Å². The number of pyridine rings is 1. The number of carbonyl (C=O) groups is 2. The van der Waals surface area contributed by atoms with Crippen molar-refractivity contribution in [1.82, 2.24) is 10.3 Å². The monoisotopic (exact) mass is 265 g/mol. The SMILES string of the molecule is CC1(OCC(=O)Nc2cncc(C(=O)O)c2)CNC1. The molecule has 1 aliphatic heterocycles. The fraction of sp³-hybridized carbons (Fsp3) is 0.417. The smallest absolute Gasteiger partial charge is 0.337 e. The van der Waals surface area contributed by atoms with Crippen molar-refractivity contribution in [1.29, 1.82) is 0 Å². The zero-order valence-corrected chi connectivity index (χ0v) is 10.5. The number of rotatable bonds is 5. The second-order valence-electron chi connectivity index (χ2n) is 4.66. The van der Waals surface area contributed by atoms with E-state index in [0.717, 1.165) is 13.1 Å². The van der Waals surface area contributed by atoms with Crippen LogP contribution in [0.25, 0.3) is 0 Å². The Morgan fingerprint density at radius 3 is 2.84 bits per heavy atom. The molecule has 2 heterocycles. The van der Waals surface area contributed by atoms with E-state index in [1.165, 1.54) is 18.5 Å². The number of anilines is 1. The van der Waals surface area contributed by atoms with Gasteiger partial charge in [-0.05, 0) is 13.0 Å². The van der Waals surface area contributed by atoms with Gasteiger partial charge in [0.25, 0.3) is 0 Å². The molecule has 2 rings (SSSR count). The molecule has 0 spiro atoms. The molecule has 1 aromatic heterocycles. The Morgan fingerprint density at radius 2 is 2.26 bits per heavy atom. The Labute approximate surface area is 110 Å². The molecular weight excluding hydrogens is 250 g/mol. The Kier molecular flexibility index (Phi) is 3.77. The topological polar surface area (TPSA) is 101 Å². The number of aromatic carboxylic acids is 1. The summed E-state index contributed by atoms with van der Waals surface area (Å²) in [5.41, 5.74) is 0.0673. The van der Waals surface area contributed by atoms with Gasteiger partial charge in [0.05, 0.1) is 23.0 Å². The lowest BCUT2D eigenvalue weighted by atomic mass is 10.0. The number of hydrogen-bond acceptors (Lipinski definition) is 5. The third kappa shape index (κ3) is 3.49. The lowest BCUT2D eigenvalue weighted by Gasteiger charge is -2.38. The summed E-state index contributed by atoms with van der Waals surface area (Å²) >= 11 is 0. The predicted molar refractivity (Wildman–Crippen MR) is 67.1 cm³/mol. The average Bonchev–Trinajstić information content (AvgIpc) is 2.34. The van der Waals surface area contributed by atoms with Crippen LogP contribution in [-0.4, -0.2) is 47.3 Å². The lowest BCUT2D eigenvalue weighted by molar-refractivity contribution is -0.130. The van der Waals surface area contributed by atoms with E-state index in [9.17, 15) is 9.59 Å². The van der Waals surface area contributed by atoms with Crippen LogP contribution in [0.5, 0.6) is 0 Å². The van der Waals surface area contributed by atoms with Crippen LogP contribution >= 0.6 is 0 Å². The molecule has 3 N–H and O–H groups in total. The molecule has 0 radical (unpaired) electrons. The molecule has 1 amide bonds. The Hall–Kier alpha value is -1.99. The molecule has 0 unspecified atom stereocenters. The van der Waals surface area contributed by atoms with Crippen molar-refractivity contribution in [3.8, 4) is 0 Å². The third-order valence-corrected chi connectivity index (χ3v) is 2.82. The van der Waals surface area contributed by atoms with Crippen molar-refractivity contribution in [3.63, 3.8) is 0 Å². The summed E-state index contributed by atoms with van der Waals surface area (Å²) in [5, 5.41) is 14.4. The van der Waals surface area contributed by atoms with Crippen LogP contribution in [0.3, 0.4) is 0 Å². The number of aromatic nitrogens is 1. The minimum absolute atomic E-state index is 0.0221. The quantitative estimate of drug-likeness (QED) is 0.698. The summed E-state index contributed by atoms with van der Waals surface area (Å²) in [7, 11) is 0. The van der Waals surface area contributed by atoms with E-state index in [0.29, 0.717) is 5.69 Å². The van der Waals surface area contributed by atoms with Gasteiger partial charge >= 0.3 is 5.97 Å². The van der Waals surface area contributed by atoms with Gasteiger partial charge in [-0.1, -0.05) is 0 Å². The van der Waals surface area contributed by atoms with E-state index in [4.69, 9.17) is 9.84 Å². The van der Waals surface area contributed by atoms with Crippen molar-refractivity contribution in [2.75, 3.05) is 25.0 Å². The van der Waals surface area contributed by atoms with Crippen LogP contribution in [0.2, 0.25) is 0 Å². The third-order valence-electron chi connectivity index (χ3n) is 2.82. The molecule has 0 aromatic carbocycles. The largest absolute Gasteiger partial charge is 0.478 e. The highest BCUT2D eigenvalue weighted by molar-refractivity contribution is 5.94. The molecular formula is C12H15N3O4. The van der Waals surface area contributed by atoms with Gasteiger partial charge in [-0.3, -0.25) is 9.78 Å². The van der Waals surface area contributed by atoms with Crippen molar-refractivity contribution >= 4 is 17.6 Å². The number of carboxylic acid groups (broad SMARTS) is 1. The van der Waals surface area contributed by atoms with Crippen LogP contribution < -0.4 is 10.6 Å². The van der Waals surface area contributed by atoms with E-state index < -0.39 is 5.97 Å². The first-order chi connectivity index (χ1) is 8.98. The summed E-state index contributed by atoms with van der Waals surface area (Å²) in [6.45, 7) is 3.28. The van der Waals surface area contributed by atoms with Gasteiger partial charge in [-0.15, -0.1) is 0 Å². The number of nitrogens with zero attached hydrogens (tertiary/aromatic N) is 1. The van der Waals surface area contributed by atoms with Crippen LogP contribution in [-0.2, 0) is 9.53 Å². The summed E-state index contributed by atoms with van der Waals surface area (Å²) in [5.74, 6) is -1.43. The number of amides is 1. The number of hydrogen-bond donors (Lipinski definition) is 3. The maximum atomic E-state index is 11.6. The molecule has 102 valence electrons. The van der Waals surface area contributed by atoms with Crippen molar-refractivity contribution in [3.05, 3.63) is 24.0 Å². The normalized spacial score (nSPS) is 16.5. The Morgan fingerprint density at radius 1 is 1.53 bits per heavy atom. The fourth-order valence-electron chi connectivity index (χ4n) is 1.64. The van der Waals surface area contributed by atoms with Crippen molar-refractivity contribution in [2.45, 2.75) is 12.5 Å². The first-order valence-corrected chi connectivity index (χ1v) is 5.81. The van der Waals surface area contributed by atoms with Gasteiger partial charge in [0, 0.05) is 19.3 Å². The van der Waals surface area contributed by atoms with E-state index >= 15 is 0 Å². The van der Waals surface area contributed by atoms with E-state index in [-0.39, 0.29) is 23.7 Å².